The molecule has 6 heteroatoms. The van der Waals surface area contributed by atoms with Crippen LogP contribution in [-0.4, -0.2) is 24.5 Å². The molecule has 0 N–H and O–H groups in total. The Hall–Kier alpha value is -2.01. The molecule has 0 atom stereocenters. The molecule has 0 bridgehead atoms. The molecule has 0 fully saturated rings. The SMILES string of the molecule is CCn1c(-c2ccncc2)nc2cnc(Cl)nc21. The molecule has 3 heterocycles. The van der Waals surface area contributed by atoms with Crippen molar-refractivity contribution in [3.8, 4) is 11.4 Å². The Morgan fingerprint density at radius 3 is 2.72 bits per heavy atom. The normalized spacial score (nSPS) is 11.0. The van der Waals surface area contributed by atoms with Crippen LogP contribution in [0.2, 0.25) is 5.28 Å². The van der Waals surface area contributed by atoms with Crippen molar-refractivity contribution in [3.63, 3.8) is 0 Å². The number of hydrogen-bond acceptors (Lipinski definition) is 4. The van der Waals surface area contributed by atoms with Gasteiger partial charge in [0.25, 0.3) is 0 Å². The van der Waals surface area contributed by atoms with Crippen LogP contribution in [0.3, 0.4) is 0 Å². The minimum Gasteiger partial charge on any atom is -0.309 e. The van der Waals surface area contributed by atoms with Crippen LogP contribution in [0.4, 0.5) is 0 Å². The van der Waals surface area contributed by atoms with Gasteiger partial charge >= 0.3 is 0 Å². The number of imidazole rings is 1. The summed E-state index contributed by atoms with van der Waals surface area (Å²) >= 11 is 5.83. The maximum Gasteiger partial charge on any atom is 0.224 e. The van der Waals surface area contributed by atoms with Gasteiger partial charge in [0.15, 0.2) is 5.65 Å². The van der Waals surface area contributed by atoms with E-state index in [0.29, 0.717) is 0 Å². The molecule has 3 aromatic heterocycles. The van der Waals surface area contributed by atoms with Crippen molar-refractivity contribution < 1.29 is 0 Å². The first kappa shape index (κ1) is 11.1. The molecule has 0 aliphatic heterocycles. The van der Waals surface area contributed by atoms with Gasteiger partial charge in [0.05, 0.1) is 6.20 Å². The van der Waals surface area contributed by atoms with E-state index < -0.39 is 0 Å². The Morgan fingerprint density at radius 1 is 1.22 bits per heavy atom. The molecule has 3 rings (SSSR count). The number of pyridine rings is 1. The van der Waals surface area contributed by atoms with E-state index in [9.17, 15) is 0 Å². The Kier molecular flexibility index (Phi) is 2.68. The fourth-order valence-electron chi connectivity index (χ4n) is 1.92. The molecule has 0 saturated heterocycles. The second-order valence-electron chi connectivity index (χ2n) is 3.76. The molecule has 0 radical (unpaired) electrons. The highest BCUT2D eigenvalue weighted by Gasteiger charge is 2.13. The van der Waals surface area contributed by atoms with Crippen molar-refractivity contribution in [2.75, 3.05) is 0 Å². The van der Waals surface area contributed by atoms with E-state index in [2.05, 4.69) is 19.9 Å². The highest BCUT2D eigenvalue weighted by molar-refractivity contribution is 6.28. The Labute approximate surface area is 109 Å². The van der Waals surface area contributed by atoms with Crippen molar-refractivity contribution >= 4 is 22.8 Å². The Morgan fingerprint density at radius 2 is 2.00 bits per heavy atom. The van der Waals surface area contributed by atoms with Crippen LogP contribution >= 0.6 is 11.6 Å². The number of halogens is 1. The van der Waals surface area contributed by atoms with E-state index in [1.165, 1.54) is 0 Å². The van der Waals surface area contributed by atoms with Crippen LogP contribution in [-0.2, 0) is 6.54 Å². The van der Waals surface area contributed by atoms with E-state index >= 15 is 0 Å². The fraction of sp³-hybridized carbons (Fsp3) is 0.167. The summed E-state index contributed by atoms with van der Waals surface area (Å²) in [5.41, 5.74) is 2.50. The minimum absolute atomic E-state index is 0.235. The number of aromatic nitrogens is 5. The summed E-state index contributed by atoms with van der Waals surface area (Å²) in [6.07, 6.45) is 5.13. The zero-order chi connectivity index (χ0) is 12.5. The molecule has 0 aliphatic carbocycles. The highest BCUT2D eigenvalue weighted by Crippen LogP contribution is 2.23. The number of nitrogens with zero attached hydrogens (tertiary/aromatic N) is 5. The zero-order valence-corrected chi connectivity index (χ0v) is 10.5. The second kappa shape index (κ2) is 4.34. The van der Waals surface area contributed by atoms with Gasteiger partial charge < -0.3 is 4.57 Å². The number of fused-ring (bicyclic) bond motifs is 1. The predicted octanol–water partition coefficient (Wildman–Crippen LogP) is 2.56. The summed E-state index contributed by atoms with van der Waals surface area (Å²) < 4.78 is 2.01. The standard InChI is InChI=1S/C12H10ClN5/c1-2-18-10(8-3-5-14-6-4-8)16-9-7-15-12(13)17-11(9)18/h3-7H,2H2,1H3. The number of rotatable bonds is 2. The Bertz CT molecular complexity index is 692. The molecule has 90 valence electrons. The van der Waals surface area contributed by atoms with Gasteiger partial charge in [0.2, 0.25) is 5.28 Å². The molecule has 0 spiro atoms. The summed E-state index contributed by atoms with van der Waals surface area (Å²) in [4.78, 5) is 16.7. The van der Waals surface area contributed by atoms with Crippen LogP contribution in [0.1, 0.15) is 6.92 Å². The molecule has 3 aromatic rings. The van der Waals surface area contributed by atoms with Crippen molar-refractivity contribution in [1.82, 2.24) is 24.5 Å². The van der Waals surface area contributed by atoms with Crippen LogP contribution in [0.5, 0.6) is 0 Å². The van der Waals surface area contributed by atoms with E-state index in [4.69, 9.17) is 11.6 Å². The summed E-state index contributed by atoms with van der Waals surface area (Å²) in [6.45, 7) is 2.81. The van der Waals surface area contributed by atoms with Gasteiger partial charge in [0, 0.05) is 24.5 Å². The lowest BCUT2D eigenvalue weighted by atomic mass is 10.2. The van der Waals surface area contributed by atoms with Crippen LogP contribution < -0.4 is 0 Å². The summed E-state index contributed by atoms with van der Waals surface area (Å²) in [5, 5.41) is 0.235. The van der Waals surface area contributed by atoms with Crippen molar-refractivity contribution in [2.24, 2.45) is 0 Å². The van der Waals surface area contributed by atoms with Gasteiger partial charge in [-0.2, -0.15) is 4.98 Å². The predicted molar refractivity (Wildman–Crippen MR) is 69.2 cm³/mol. The van der Waals surface area contributed by atoms with Gasteiger partial charge in [-0.1, -0.05) is 0 Å². The van der Waals surface area contributed by atoms with Crippen LogP contribution in [0.25, 0.3) is 22.6 Å². The molecule has 0 unspecified atom stereocenters. The maximum absolute atomic E-state index is 5.83. The lowest BCUT2D eigenvalue weighted by molar-refractivity contribution is 0.786. The molecule has 0 saturated carbocycles. The van der Waals surface area contributed by atoms with Crippen LogP contribution in [0.15, 0.2) is 30.7 Å². The quantitative estimate of drug-likeness (QED) is 0.664. The van der Waals surface area contributed by atoms with Crippen molar-refractivity contribution in [2.45, 2.75) is 13.5 Å². The lowest BCUT2D eigenvalue weighted by Gasteiger charge is -2.04. The third kappa shape index (κ3) is 1.73. The van der Waals surface area contributed by atoms with E-state index in [1.54, 1.807) is 18.6 Å². The summed E-state index contributed by atoms with van der Waals surface area (Å²) in [7, 11) is 0. The molecule has 0 aromatic carbocycles. The van der Waals surface area contributed by atoms with E-state index in [-0.39, 0.29) is 5.28 Å². The smallest absolute Gasteiger partial charge is 0.224 e. The number of hydrogen-bond donors (Lipinski definition) is 0. The largest absolute Gasteiger partial charge is 0.309 e. The molecule has 0 amide bonds. The molecule has 0 aliphatic rings. The average molecular weight is 260 g/mol. The second-order valence-corrected chi connectivity index (χ2v) is 4.10. The lowest BCUT2D eigenvalue weighted by Crippen LogP contribution is -1.99. The van der Waals surface area contributed by atoms with Gasteiger partial charge in [-0.15, -0.1) is 0 Å². The van der Waals surface area contributed by atoms with Crippen LogP contribution in [0, 0.1) is 0 Å². The molecule has 18 heavy (non-hydrogen) atoms. The van der Waals surface area contributed by atoms with Gasteiger partial charge in [0.1, 0.15) is 11.3 Å². The Balaban J connectivity index is 2.30. The topological polar surface area (TPSA) is 56.5 Å². The highest BCUT2D eigenvalue weighted by atomic mass is 35.5. The summed E-state index contributed by atoms with van der Waals surface area (Å²) in [5.74, 6) is 0.853. The zero-order valence-electron chi connectivity index (χ0n) is 9.71. The molecular formula is C12H10ClN5. The minimum atomic E-state index is 0.235. The fourth-order valence-corrected chi connectivity index (χ4v) is 2.05. The molecular weight excluding hydrogens is 250 g/mol. The third-order valence-electron chi connectivity index (χ3n) is 2.71. The van der Waals surface area contributed by atoms with Gasteiger partial charge in [-0.25, -0.2) is 9.97 Å². The monoisotopic (exact) mass is 259 g/mol. The van der Waals surface area contributed by atoms with E-state index in [0.717, 1.165) is 29.1 Å². The van der Waals surface area contributed by atoms with Gasteiger partial charge in [-0.3, -0.25) is 4.98 Å². The maximum atomic E-state index is 5.83. The van der Waals surface area contributed by atoms with Gasteiger partial charge in [-0.05, 0) is 30.7 Å². The molecule has 5 nitrogen and oxygen atoms in total. The van der Waals surface area contributed by atoms with E-state index in [1.807, 2.05) is 23.6 Å². The first-order chi connectivity index (χ1) is 8.79. The average Bonchev–Trinajstić information content (AvgIpc) is 2.77. The summed E-state index contributed by atoms with van der Waals surface area (Å²) in [6, 6.07) is 3.84. The van der Waals surface area contributed by atoms with Crippen molar-refractivity contribution in [3.05, 3.63) is 36.0 Å². The van der Waals surface area contributed by atoms with Crippen molar-refractivity contribution in [1.29, 1.82) is 0 Å². The first-order valence-corrected chi connectivity index (χ1v) is 5.96. The first-order valence-electron chi connectivity index (χ1n) is 5.58. The number of aryl methyl sites for hydroxylation is 1. The third-order valence-corrected chi connectivity index (χ3v) is 2.90.